The molecule has 1 rings (SSSR count). The minimum atomic E-state index is -0.0661. The lowest BCUT2D eigenvalue weighted by Crippen LogP contribution is -2.37. The first-order chi connectivity index (χ1) is 6.96. The van der Waals surface area contributed by atoms with Crippen LogP contribution in [-0.2, 0) is 6.54 Å². The van der Waals surface area contributed by atoms with Gasteiger partial charge in [-0.3, -0.25) is 0 Å². The molecular formula is C12H19NO2. The average molecular weight is 209 g/mol. The van der Waals surface area contributed by atoms with E-state index in [2.05, 4.69) is 26.1 Å². The van der Waals surface area contributed by atoms with E-state index in [4.69, 9.17) is 0 Å². The number of hydrogen-bond acceptors (Lipinski definition) is 3. The van der Waals surface area contributed by atoms with Gasteiger partial charge in [0.05, 0.1) is 0 Å². The normalized spacial score (nSPS) is 11.7. The Balaban J connectivity index is 2.70. The van der Waals surface area contributed by atoms with Crippen molar-refractivity contribution in [1.82, 2.24) is 5.32 Å². The molecule has 0 radical (unpaired) electrons. The van der Waals surface area contributed by atoms with Crippen LogP contribution in [0.25, 0.3) is 0 Å². The van der Waals surface area contributed by atoms with Gasteiger partial charge in [0.1, 0.15) is 0 Å². The minimum absolute atomic E-state index is 0.0306. The monoisotopic (exact) mass is 209 g/mol. The molecule has 0 spiro atoms. The molecule has 0 bridgehead atoms. The summed E-state index contributed by atoms with van der Waals surface area (Å²) in [6.07, 6.45) is 1.01. The van der Waals surface area contributed by atoms with Crippen LogP contribution in [0.4, 0.5) is 0 Å². The molecule has 15 heavy (non-hydrogen) atoms. The lowest BCUT2D eigenvalue weighted by molar-refractivity contribution is 0.362. The Morgan fingerprint density at radius 3 is 2.53 bits per heavy atom. The fourth-order valence-corrected chi connectivity index (χ4v) is 1.18. The van der Waals surface area contributed by atoms with Crippen molar-refractivity contribution < 1.29 is 10.2 Å². The van der Waals surface area contributed by atoms with Crippen LogP contribution in [0.5, 0.6) is 11.5 Å². The standard InChI is InChI=1S/C12H19NO2/c1-4-12(2,3)13-8-9-6-5-7-10(14)11(9)15/h5-7,13-15H,4,8H2,1-3H3. The van der Waals surface area contributed by atoms with E-state index in [-0.39, 0.29) is 17.0 Å². The summed E-state index contributed by atoms with van der Waals surface area (Å²) in [5.41, 5.74) is 0.759. The second-order valence-corrected chi connectivity index (χ2v) is 4.38. The van der Waals surface area contributed by atoms with Crippen molar-refractivity contribution in [1.29, 1.82) is 0 Å². The Kier molecular flexibility index (Phi) is 3.58. The third-order valence-electron chi connectivity index (χ3n) is 2.74. The smallest absolute Gasteiger partial charge is 0.161 e. The van der Waals surface area contributed by atoms with Crippen molar-refractivity contribution in [3.05, 3.63) is 23.8 Å². The Morgan fingerprint density at radius 2 is 1.93 bits per heavy atom. The Morgan fingerprint density at radius 1 is 1.27 bits per heavy atom. The largest absolute Gasteiger partial charge is 0.504 e. The Hall–Kier alpha value is -1.22. The van der Waals surface area contributed by atoms with Crippen LogP contribution >= 0.6 is 0 Å². The van der Waals surface area contributed by atoms with Gasteiger partial charge in [-0.1, -0.05) is 19.1 Å². The molecule has 0 unspecified atom stereocenters. The van der Waals surface area contributed by atoms with Gasteiger partial charge < -0.3 is 15.5 Å². The maximum absolute atomic E-state index is 9.58. The number of benzene rings is 1. The molecule has 0 aliphatic heterocycles. The number of nitrogens with one attached hydrogen (secondary N) is 1. The van der Waals surface area contributed by atoms with Crippen molar-refractivity contribution in [3.63, 3.8) is 0 Å². The first-order valence-corrected chi connectivity index (χ1v) is 5.21. The molecule has 3 nitrogen and oxygen atoms in total. The second kappa shape index (κ2) is 4.53. The lowest BCUT2D eigenvalue weighted by Gasteiger charge is -2.24. The molecule has 1 aromatic rings. The molecule has 3 N–H and O–H groups in total. The van der Waals surface area contributed by atoms with Crippen LogP contribution in [0.1, 0.15) is 32.8 Å². The zero-order valence-electron chi connectivity index (χ0n) is 9.54. The highest BCUT2D eigenvalue weighted by molar-refractivity contribution is 5.44. The number of rotatable bonds is 4. The summed E-state index contributed by atoms with van der Waals surface area (Å²) < 4.78 is 0. The summed E-state index contributed by atoms with van der Waals surface area (Å²) >= 11 is 0. The molecule has 0 fully saturated rings. The van der Waals surface area contributed by atoms with Crippen molar-refractivity contribution in [2.45, 2.75) is 39.3 Å². The topological polar surface area (TPSA) is 52.5 Å². The van der Waals surface area contributed by atoms with Crippen LogP contribution in [0, 0.1) is 0 Å². The van der Waals surface area contributed by atoms with Gasteiger partial charge in [-0.25, -0.2) is 0 Å². The van der Waals surface area contributed by atoms with E-state index in [9.17, 15) is 10.2 Å². The van der Waals surface area contributed by atoms with Crippen LogP contribution in [0.2, 0.25) is 0 Å². The van der Waals surface area contributed by atoms with Crippen molar-refractivity contribution in [2.24, 2.45) is 0 Å². The van der Waals surface area contributed by atoms with Crippen molar-refractivity contribution >= 4 is 0 Å². The van der Waals surface area contributed by atoms with Gasteiger partial charge in [-0.05, 0) is 26.3 Å². The molecule has 0 aromatic heterocycles. The summed E-state index contributed by atoms with van der Waals surface area (Å²) in [6, 6.07) is 5.00. The van der Waals surface area contributed by atoms with Crippen LogP contribution in [-0.4, -0.2) is 15.8 Å². The fourth-order valence-electron chi connectivity index (χ4n) is 1.18. The van der Waals surface area contributed by atoms with Gasteiger partial charge in [0.15, 0.2) is 11.5 Å². The molecule has 84 valence electrons. The number of phenols is 2. The molecule has 1 aromatic carbocycles. The van der Waals surface area contributed by atoms with Crippen molar-refractivity contribution in [3.8, 4) is 11.5 Å². The van der Waals surface area contributed by atoms with E-state index in [0.29, 0.717) is 6.54 Å². The van der Waals surface area contributed by atoms with Gasteiger partial charge in [-0.15, -0.1) is 0 Å². The minimum Gasteiger partial charge on any atom is -0.504 e. The van der Waals surface area contributed by atoms with E-state index in [1.165, 1.54) is 6.07 Å². The van der Waals surface area contributed by atoms with E-state index in [0.717, 1.165) is 12.0 Å². The molecule has 0 aliphatic rings. The lowest BCUT2D eigenvalue weighted by atomic mass is 10.0. The summed E-state index contributed by atoms with van der Waals surface area (Å²) in [6.45, 7) is 6.87. The maximum Gasteiger partial charge on any atom is 0.161 e. The molecule has 0 heterocycles. The predicted molar refractivity (Wildman–Crippen MR) is 61.0 cm³/mol. The maximum atomic E-state index is 9.58. The quantitative estimate of drug-likeness (QED) is 0.667. The van der Waals surface area contributed by atoms with E-state index >= 15 is 0 Å². The molecule has 0 saturated heterocycles. The molecular weight excluding hydrogens is 190 g/mol. The zero-order valence-corrected chi connectivity index (χ0v) is 9.54. The molecule has 0 saturated carbocycles. The van der Waals surface area contributed by atoms with Crippen LogP contribution in [0.3, 0.4) is 0 Å². The van der Waals surface area contributed by atoms with E-state index in [1.54, 1.807) is 12.1 Å². The SMILES string of the molecule is CCC(C)(C)NCc1cccc(O)c1O. The van der Waals surface area contributed by atoms with E-state index < -0.39 is 0 Å². The highest BCUT2D eigenvalue weighted by Gasteiger charge is 2.15. The van der Waals surface area contributed by atoms with Gasteiger partial charge in [0.2, 0.25) is 0 Å². The molecule has 0 amide bonds. The van der Waals surface area contributed by atoms with Crippen molar-refractivity contribution in [2.75, 3.05) is 0 Å². The number of phenolic OH excluding ortho intramolecular Hbond substituents is 2. The highest BCUT2D eigenvalue weighted by atomic mass is 16.3. The van der Waals surface area contributed by atoms with Gasteiger partial charge in [0, 0.05) is 17.6 Å². The second-order valence-electron chi connectivity index (χ2n) is 4.38. The first-order valence-electron chi connectivity index (χ1n) is 5.21. The van der Waals surface area contributed by atoms with Gasteiger partial charge >= 0.3 is 0 Å². The number of para-hydroxylation sites is 1. The Labute approximate surface area is 90.8 Å². The molecule has 0 atom stereocenters. The number of aromatic hydroxyl groups is 2. The average Bonchev–Trinajstić information content (AvgIpc) is 2.20. The number of hydrogen-bond donors (Lipinski definition) is 3. The third-order valence-corrected chi connectivity index (χ3v) is 2.74. The Bertz CT molecular complexity index is 334. The van der Waals surface area contributed by atoms with Crippen LogP contribution < -0.4 is 5.32 Å². The summed E-state index contributed by atoms with van der Waals surface area (Å²) in [7, 11) is 0. The third kappa shape index (κ3) is 3.13. The summed E-state index contributed by atoms with van der Waals surface area (Å²) in [5.74, 6) is -0.0968. The summed E-state index contributed by atoms with van der Waals surface area (Å²) in [4.78, 5) is 0. The highest BCUT2D eigenvalue weighted by Crippen LogP contribution is 2.28. The summed E-state index contributed by atoms with van der Waals surface area (Å²) in [5, 5.41) is 22.2. The van der Waals surface area contributed by atoms with Gasteiger partial charge in [-0.2, -0.15) is 0 Å². The molecule has 0 aliphatic carbocycles. The molecule has 3 heteroatoms. The zero-order chi connectivity index (χ0) is 11.5. The predicted octanol–water partition coefficient (Wildman–Crippen LogP) is 2.38. The van der Waals surface area contributed by atoms with Crippen LogP contribution in [0.15, 0.2) is 18.2 Å². The van der Waals surface area contributed by atoms with Gasteiger partial charge in [0.25, 0.3) is 0 Å². The fraction of sp³-hybridized carbons (Fsp3) is 0.500. The van der Waals surface area contributed by atoms with E-state index in [1.807, 2.05) is 0 Å². The first kappa shape index (κ1) is 11.9.